The summed E-state index contributed by atoms with van der Waals surface area (Å²) in [4.78, 5) is 26.5. The van der Waals surface area contributed by atoms with Crippen LogP contribution in [0, 0.1) is 6.92 Å². The van der Waals surface area contributed by atoms with Crippen molar-refractivity contribution in [3.8, 4) is 0 Å². The first-order valence-corrected chi connectivity index (χ1v) is 8.25. The van der Waals surface area contributed by atoms with Gasteiger partial charge in [-0.1, -0.05) is 29.8 Å². The molecule has 4 aromatic rings. The number of para-hydroxylation sites is 1. The molecule has 2 aromatic heterocycles. The van der Waals surface area contributed by atoms with E-state index in [1.165, 1.54) is 6.20 Å². The van der Waals surface area contributed by atoms with Gasteiger partial charge < -0.3 is 9.32 Å². The topological polar surface area (TPSA) is 68.3 Å². The molecule has 0 atom stereocenters. The van der Waals surface area contributed by atoms with E-state index in [1.54, 1.807) is 22.7 Å². The molecule has 26 heavy (non-hydrogen) atoms. The number of benzene rings is 2. The van der Waals surface area contributed by atoms with Gasteiger partial charge in [0.05, 0.1) is 11.7 Å². The van der Waals surface area contributed by atoms with Gasteiger partial charge in [-0.05, 0) is 31.2 Å². The average molecular weight is 347 g/mol. The van der Waals surface area contributed by atoms with Crippen LogP contribution in [-0.2, 0) is 11.3 Å². The molecule has 0 aliphatic rings. The van der Waals surface area contributed by atoms with E-state index in [0.717, 1.165) is 16.6 Å². The van der Waals surface area contributed by atoms with Gasteiger partial charge in [-0.2, -0.15) is 5.10 Å². The summed E-state index contributed by atoms with van der Waals surface area (Å²) in [6.07, 6.45) is 1.46. The number of hydrogen-bond acceptors (Lipinski definition) is 4. The molecule has 2 aromatic carbocycles. The molecule has 0 unspecified atom stereocenters. The maximum absolute atomic E-state index is 12.7. The van der Waals surface area contributed by atoms with Crippen molar-refractivity contribution in [1.82, 2.24) is 9.78 Å². The molecule has 4 rings (SSSR count). The van der Waals surface area contributed by atoms with E-state index in [2.05, 4.69) is 5.10 Å². The molecular weight excluding hydrogens is 330 g/mol. The molecule has 0 aliphatic carbocycles. The number of amides is 1. The van der Waals surface area contributed by atoms with Gasteiger partial charge in [0.1, 0.15) is 17.5 Å². The summed E-state index contributed by atoms with van der Waals surface area (Å²) in [6.45, 7) is 1.99. The van der Waals surface area contributed by atoms with Gasteiger partial charge in [-0.25, -0.2) is 4.79 Å². The van der Waals surface area contributed by atoms with Crippen LogP contribution in [0.4, 0.5) is 5.69 Å². The number of carbonyl (C=O) groups excluding carboxylic acids is 1. The van der Waals surface area contributed by atoms with Crippen LogP contribution < -0.4 is 10.5 Å². The molecule has 0 spiro atoms. The van der Waals surface area contributed by atoms with Crippen LogP contribution in [0.3, 0.4) is 0 Å². The molecule has 6 nitrogen and oxygen atoms in total. The number of hydrogen-bond donors (Lipinski definition) is 0. The molecule has 0 bridgehead atoms. The molecule has 0 saturated carbocycles. The van der Waals surface area contributed by atoms with Gasteiger partial charge >= 0.3 is 5.63 Å². The molecule has 0 saturated heterocycles. The first-order chi connectivity index (χ1) is 12.5. The van der Waals surface area contributed by atoms with E-state index < -0.39 is 5.63 Å². The zero-order chi connectivity index (χ0) is 18.3. The number of rotatable bonds is 3. The van der Waals surface area contributed by atoms with Crippen LogP contribution in [0.15, 0.2) is 63.9 Å². The SMILES string of the molecule is Cc1ccc2oc(=O)c3cnn(CC(=O)N(C)c4ccccc4)c3c2c1. The van der Waals surface area contributed by atoms with E-state index in [1.807, 2.05) is 49.4 Å². The number of anilines is 1. The van der Waals surface area contributed by atoms with Crippen molar-refractivity contribution in [2.75, 3.05) is 11.9 Å². The lowest BCUT2D eigenvalue weighted by Crippen LogP contribution is -2.30. The maximum atomic E-state index is 12.7. The van der Waals surface area contributed by atoms with Gasteiger partial charge in [0.25, 0.3) is 0 Å². The third-order valence-corrected chi connectivity index (χ3v) is 4.45. The molecule has 0 radical (unpaired) electrons. The van der Waals surface area contributed by atoms with Crippen LogP contribution in [-0.4, -0.2) is 22.7 Å². The fourth-order valence-corrected chi connectivity index (χ4v) is 3.04. The summed E-state index contributed by atoms with van der Waals surface area (Å²) < 4.78 is 6.93. The van der Waals surface area contributed by atoms with Crippen LogP contribution >= 0.6 is 0 Å². The van der Waals surface area contributed by atoms with Crippen LogP contribution in [0.1, 0.15) is 5.56 Å². The lowest BCUT2D eigenvalue weighted by molar-refractivity contribution is -0.119. The standard InChI is InChI=1S/C20H17N3O3/c1-13-8-9-17-15(10-13)19-16(20(25)26-17)11-21-23(19)12-18(24)22(2)14-6-4-3-5-7-14/h3-11H,12H2,1-2H3. The number of nitrogens with zero attached hydrogens (tertiary/aromatic N) is 3. The highest BCUT2D eigenvalue weighted by atomic mass is 16.4. The molecule has 130 valence electrons. The second-order valence-electron chi connectivity index (χ2n) is 6.24. The second kappa shape index (κ2) is 6.15. The molecule has 0 aliphatic heterocycles. The smallest absolute Gasteiger partial charge is 0.347 e. The zero-order valence-electron chi connectivity index (χ0n) is 14.5. The monoisotopic (exact) mass is 347 g/mol. The van der Waals surface area contributed by atoms with Crippen LogP contribution in [0.5, 0.6) is 0 Å². The number of aryl methyl sites for hydroxylation is 1. The Kier molecular flexibility index (Phi) is 3.80. The Labute approximate surface area is 149 Å². The Hall–Kier alpha value is -3.41. The maximum Gasteiger partial charge on any atom is 0.347 e. The van der Waals surface area contributed by atoms with Crippen molar-refractivity contribution >= 4 is 33.5 Å². The van der Waals surface area contributed by atoms with Crippen molar-refractivity contribution in [3.63, 3.8) is 0 Å². The number of likely N-dealkylation sites (N-methyl/N-ethyl adjacent to an activating group) is 1. The van der Waals surface area contributed by atoms with Crippen LogP contribution in [0.2, 0.25) is 0 Å². The first-order valence-electron chi connectivity index (χ1n) is 8.25. The summed E-state index contributed by atoms with van der Waals surface area (Å²) in [5.74, 6) is -0.129. The van der Waals surface area contributed by atoms with Crippen molar-refractivity contribution in [1.29, 1.82) is 0 Å². The fourth-order valence-electron chi connectivity index (χ4n) is 3.04. The molecule has 1 amide bonds. The molecule has 0 N–H and O–H groups in total. The normalized spacial score (nSPS) is 11.2. The first kappa shape index (κ1) is 16.1. The minimum absolute atomic E-state index is 0.0292. The third kappa shape index (κ3) is 2.65. The summed E-state index contributed by atoms with van der Waals surface area (Å²) in [7, 11) is 1.72. The minimum atomic E-state index is -0.452. The highest BCUT2D eigenvalue weighted by Gasteiger charge is 2.17. The van der Waals surface area contributed by atoms with E-state index >= 15 is 0 Å². The predicted molar refractivity (Wildman–Crippen MR) is 100 cm³/mol. The lowest BCUT2D eigenvalue weighted by atomic mass is 10.1. The number of fused-ring (bicyclic) bond motifs is 3. The van der Waals surface area contributed by atoms with E-state index in [4.69, 9.17) is 4.42 Å². The molecule has 0 fully saturated rings. The van der Waals surface area contributed by atoms with Crippen molar-refractivity contribution in [2.45, 2.75) is 13.5 Å². The van der Waals surface area contributed by atoms with E-state index in [9.17, 15) is 9.59 Å². The Morgan fingerprint density at radius 3 is 2.69 bits per heavy atom. The van der Waals surface area contributed by atoms with Gasteiger partial charge in [-0.15, -0.1) is 0 Å². The van der Waals surface area contributed by atoms with E-state index in [-0.39, 0.29) is 12.5 Å². The molecular formula is C20H17N3O3. The predicted octanol–water partition coefficient (Wildman–Crippen LogP) is 3.11. The molecule has 6 heteroatoms. The van der Waals surface area contributed by atoms with E-state index in [0.29, 0.717) is 16.5 Å². The quantitative estimate of drug-likeness (QED) is 0.534. The third-order valence-electron chi connectivity index (χ3n) is 4.45. The highest BCUT2D eigenvalue weighted by molar-refractivity contribution is 6.03. The fraction of sp³-hybridized carbons (Fsp3) is 0.150. The summed E-state index contributed by atoms with van der Waals surface area (Å²) in [5.41, 5.74) is 2.49. The van der Waals surface area contributed by atoms with Gasteiger partial charge in [0.2, 0.25) is 5.91 Å². The van der Waals surface area contributed by atoms with Crippen molar-refractivity contribution in [2.24, 2.45) is 0 Å². The van der Waals surface area contributed by atoms with Gasteiger partial charge in [0, 0.05) is 18.1 Å². The average Bonchev–Trinajstić information content (AvgIpc) is 3.07. The van der Waals surface area contributed by atoms with Crippen molar-refractivity contribution in [3.05, 3.63) is 70.7 Å². The molecule has 2 heterocycles. The zero-order valence-corrected chi connectivity index (χ0v) is 14.5. The summed E-state index contributed by atoms with van der Waals surface area (Å²) in [6, 6.07) is 15.0. The summed E-state index contributed by atoms with van der Waals surface area (Å²) >= 11 is 0. The Balaban J connectivity index is 1.80. The highest BCUT2D eigenvalue weighted by Crippen LogP contribution is 2.24. The Bertz CT molecular complexity index is 1180. The van der Waals surface area contributed by atoms with Crippen molar-refractivity contribution < 1.29 is 9.21 Å². The van der Waals surface area contributed by atoms with Gasteiger partial charge in [-0.3, -0.25) is 9.48 Å². The second-order valence-corrected chi connectivity index (χ2v) is 6.24. The number of carbonyl (C=O) groups is 1. The van der Waals surface area contributed by atoms with Gasteiger partial charge in [0.15, 0.2) is 0 Å². The minimum Gasteiger partial charge on any atom is -0.422 e. The lowest BCUT2D eigenvalue weighted by Gasteiger charge is -2.17. The Morgan fingerprint density at radius 1 is 1.15 bits per heavy atom. The summed E-state index contributed by atoms with van der Waals surface area (Å²) in [5, 5.41) is 5.41. The number of aromatic nitrogens is 2. The van der Waals surface area contributed by atoms with Crippen LogP contribution in [0.25, 0.3) is 21.9 Å². The largest absolute Gasteiger partial charge is 0.422 e. The Morgan fingerprint density at radius 2 is 1.92 bits per heavy atom.